The molecule has 1 saturated carbocycles. The number of carbonyl (C=O) groups excluding carboxylic acids is 2. The van der Waals surface area contributed by atoms with Crippen LogP contribution in [0.25, 0.3) is 0 Å². The van der Waals surface area contributed by atoms with Gasteiger partial charge in [0, 0.05) is 19.6 Å². The quantitative estimate of drug-likeness (QED) is 0.787. The van der Waals surface area contributed by atoms with E-state index in [2.05, 4.69) is 47.8 Å². The van der Waals surface area contributed by atoms with Crippen LogP contribution in [-0.4, -0.2) is 36.3 Å². The Balaban J connectivity index is 1.17. The minimum atomic E-state index is -0.125. The number of nitrogens with zero attached hydrogens (tertiary/aromatic N) is 1. The number of nitrogens with one attached hydrogen (secondary N) is 1. The smallest absolute Gasteiger partial charge is 0.226 e. The first kappa shape index (κ1) is 19.7. The van der Waals surface area contributed by atoms with Crippen molar-refractivity contribution >= 4 is 11.8 Å². The van der Waals surface area contributed by atoms with E-state index in [0.717, 1.165) is 38.8 Å². The molecule has 2 unspecified atom stereocenters. The molecule has 0 aromatic heterocycles. The Hall–Kier alpha value is -2.62. The van der Waals surface area contributed by atoms with Crippen LogP contribution in [0.2, 0.25) is 0 Å². The van der Waals surface area contributed by atoms with Gasteiger partial charge in [-0.1, -0.05) is 60.7 Å². The summed E-state index contributed by atoms with van der Waals surface area (Å²) in [6.07, 6.45) is 4.74. The van der Waals surface area contributed by atoms with Crippen molar-refractivity contribution in [3.8, 4) is 0 Å². The number of amides is 2. The predicted octanol–water partition coefficient (Wildman–Crippen LogP) is 3.46. The zero-order chi connectivity index (χ0) is 20.1. The second-order valence-electron chi connectivity index (χ2n) is 8.43. The van der Waals surface area contributed by atoms with E-state index in [9.17, 15) is 9.59 Å². The van der Waals surface area contributed by atoms with Crippen LogP contribution in [0, 0.1) is 17.8 Å². The van der Waals surface area contributed by atoms with E-state index in [1.165, 1.54) is 11.1 Å². The molecule has 1 aliphatic carbocycles. The molecule has 4 rings (SSSR count). The fourth-order valence-corrected chi connectivity index (χ4v) is 4.40. The maximum absolute atomic E-state index is 12.8. The molecule has 2 aromatic carbocycles. The maximum atomic E-state index is 12.8. The van der Waals surface area contributed by atoms with Crippen LogP contribution in [0.4, 0.5) is 0 Å². The number of likely N-dealkylation sites (tertiary alicyclic amines) is 1. The average Bonchev–Trinajstić information content (AvgIpc) is 3.56. The van der Waals surface area contributed by atoms with Crippen LogP contribution in [0.3, 0.4) is 0 Å². The highest BCUT2D eigenvalue weighted by atomic mass is 16.2. The Morgan fingerprint density at radius 1 is 0.862 bits per heavy atom. The summed E-state index contributed by atoms with van der Waals surface area (Å²) in [5, 5.41) is 3.01. The summed E-state index contributed by atoms with van der Waals surface area (Å²) >= 11 is 0. The highest BCUT2D eigenvalue weighted by molar-refractivity contribution is 5.92. The lowest BCUT2D eigenvalue weighted by Crippen LogP contribution is -2.40. The van der Waals surface area contributed by atoms with Gasteiger partial charge in [-0.3, -0.25) is 9.59 Å². The lowest BCUT2D eigenvalue weighted by atomic mass is 9.90. The van der Waals surface area contributed by atoms with Gasteiger partial charge in [-0.25, -0.2) is 0 Å². The summed E-state index contributed by atoms with van der Waals surface area (Å²) in [6, 6.07) is 20.7. The third-order valence-electron chi connectivity index (χ3n) is 6.29. The summed E-state index contributed by atoms with van der Waals surface area (Å²) in [6.45, 7) is 2.29. The summed E-state index contributed by atoms with van der Waals surface area (Å²) in [7, 11) is 0. The van der Waals surface area contributed by atoms with Crippen LogP contribution >= 0.6 is 0 Å². The molecule has 29 heavy (non-hydrogen) atoms. The van der Waals surface area contributed by atoms with Gasteiger partial charge in [0.2, 0.25) is 11.8 Å². The SMILES string of the molecule is O=C(NCCc1ccccc1)C1CC1C(=O)N1CCC(Cc2ccccc2)CC1. The fourth-order valence-electron chi connectivity index (χ4n) is 4.40. The van der Waals surface area contributed by atoms with Gasteiger partial charge in [-0.15, -0.1) is 0 Å². The van der Waals surface area contributed by atoms with E-state index >= 15 is 0 Å². The van der Waals surface area contributed by atoms with Crippen LogP contribution < -0.4 is 5.32 Å². The Kier molecular flexibility index (Phi) is 6.28. The van der Waals surface area contributed by atoms with E-state index < -0.39 is 0 Å². The first-order valence-electron chi connectivity index (χ1n) is 10.8. The highest BCUT2D eigenvalue weighted by Crippen LogP contribution is 2.40. The zero-order valence-corrected chi connectivity index (χ0v) is 16.9. The molecular weight excluding hydrogens is 360 g/mol. The highest BCUT2D eigenvalue weighted by Gasteiger charge is 2.49. The Bertz CT molecular complexity index is 813. The van der Waals surface area contributed by atoms with E-state index in [-0.39, 0.29) is 23.7 Å². The van der Waals surface area contributed by atoms with E-state index in [1.54, 1.807) is 0 Å². The number of carbonyl (C=O) groups is 2. The van der Waals surface area contributed by atoms with Crippen molar-refractivity contribution in [1.82, 2.24) is 10.2 Å². The number of rotatable bonds is 7. The van der Waals surface area contributed by atoms with Gasteiger partial charge in [0.05, 0.1) is 11.8 Å². The first-order chi connectivity index (χ1) is 14.2. The Labute approximate surface area is 173 Å². The van der Waals surface area contributed by atoms with Gasteiger partial charge in [-0.05, 0) is 49.1 Å². The summed E-state index contributed by atoms with van der Waals surface area (Å²) in [5.41, 5.74) is 2.60. The lowest BCUT2D eigenvalue weighted by Gasteiger charge is -2.32. The van der Waals surface area contributed by atoms with Crippen molar-refractivity contribution in [2.75, 3.05) is 19.6 Å². The predicted molar refractivity (Wildman–Crippen MR) is 114 cm³/mol. The molecule has 0 radical (unpaired) electrons. The number of hydrogen-bond donors (Lipinski definition) is 1. The van der Waals surface area contributed by atoms with Crippen LogP contribution in [0.15, 0.2) is 60.7 Å². The summed E-state index contributed by atoms with van der Waals surface area (Å²) < 4.78 is 0. The molecule has 0 spiro atoms. The van der Waals surface area contributed by atoms with Gasteiger partial charge in [0.25, 0.3) is 0 Å². The molecule has 2 aromatic rings. The van der Waals surface area contributed by atoms with Crippen molar-refractivity contribution in [2.24, 2.45) is 17.8 Å². The number of benzene rings is 2. The normalized spacial score (nSPS) is 21.6. The monoisotopic (exact) mass is 390 g/mol. The molecule has 152 valence electrons. The van der Waals surface area contributed by atoms with E-state index in [1.807, 2.05) is 23.1 Å². The largest absolute Gasteiger partial charge is 0.356 e. The third kappa shape index (κ3) is 5.26. The van der Waals surface area contributed by atoms with Crippen LogP contribution in [0.1, 0.15) is 30.4 Å². The topological polar surface area (TPSA) is 49.4 Å². The molecule has 1 aliphatic heterocycles. The standard InChI is InChI=1S/C25H30N2O2/c28-24(26-14-11-19-7-3-1-4-8-19)22-18-23(22)25(29)27-15-12-21(13-16-27)17-20-9-5-2-6-10-20/h1-10,21-23H,11-18H2,(H,26,28). The lowest BCUT2D eigenvalue weighted by molar-refractivity contribution is -0.136. The second kappa shape index (κ2) is 9.25. The average molecular weight is 391 g/mol. The third-order valence-corrected chi connectivity index (χ3v) is 6.29. The fraction of sp³-hybridized carbons (Fsp3) is 0.440. The molecule has 1 N–H and O–H groups in total. The van der Waals surface area contributed by atoms with Crippen molar-refractivity contribution in [1.29, 1.82) is 0 Å². The number of hydrogen-bond acceptors (Lipinski definition) is 2. The Morgan fingerprint density at radius 2 is 1.48 bits per heavy atom. The molecule has 4 nitrogen and oxygen atoms in total. The van der Waals surface area contributed by atoms with Crippen molar-refractivity contribution in [3.63, 3.8) is 0 Å². The van der Waals surface area contributed by atoms with Gasteiger partial charge in [0.1, 0.15) is 0 Å². The minimum Gasteiger partial charge on any atom is -0.356 e. The Morgan fingerprint density at radius 3 is 2.14 bits per heavy atom. The van der Waals surface area contributed by atoms with Gasteiger partial charge in [0.15, 0.2) is 0 Å². The van der Waals surface area contributed by atoms with Crippen molar-refractivity contribution in [3.05, 3.63) is 71.8 Å². The molecule has 2 atom stereocenters. The van der Waals surface area contributed by atoms with E-state index in [4.69, 9.17) is 0 Å². The van der Waals surface area contributed by atoms with Crippen molar-refractivity contribution in [2.45, 2.75) is 32.1 Å². The molecule has 1 saturated heterocycles. The maximum Gasteiger partial charge on any atom is 0.226 e. The first-order valence-corrected chi connectivity index (χ1v) is 10.8. The molecular formula is C25H30N2O2. The molecule has 1 heterocycles. The van der Waals surface area contributed by atoms with E-state index in [0.29, 0.717) is 18.9 Å². The summed E-state index contributed by atoms with van der Waals surface area (Å²) in [5.74, 6) is 0.653. The molecule has 2 amide bonds. The molecule has 2 aliphatic rings. The summed E-state index contributed by atoms with van der Waals surface area (Å²) in [4.78, 5) is 27.1. The van der Waals surface area contributed by atoms with Crippen LogP contribution in [-0.2, 0) is 22.4 Å². The molecule has 4 heteroatoms. The number of piperidine rings is 1. The zero-order valence-electron chi connectivity index (χ0n) is 16.9. The van der Waals surface area contributed by atoms with Gasteiger partial charge >= 0.3 is 0 Å². The van der Waals surface area contributed by atoms with Gasteiger partial charge < -0.3 is 10.2 Å². The van der Waals surface area contributed by atoms with Gasteiger partial charge in [-0.2, -0.15) is 0 Å². The minimum absolute atomic E-state index is 0.0400. The molecule has 2 fully saturated rings. The molecule has 0 bridgehead atoms. The second-order valence-corrected chi connectivity index (χ2v) is 8.43. The van der Waals surface area contributed by atoms with Crippen molar-refractivity contribution < 1.29 is 9.59 Å². The van der Waals surface area contributed by atoms with Crippen LogP contribution in [0.5, 0.6) is 0 Å².